The summed E-state index contributed by atoms with van der Waals surface area (Å²) in [6.07, 6.45) is 10.5. The summed E-state index contributed by atoms with van der Waals surface area (Å²) in [6, 6.07) is 2.10. The first-order valence-electron chi connectivity index (χ1n) is 9.02. The number of aromatic nitrogens is 4. The number of rotatable bonds is 4. The molecule has 0 saturated carbocycles. The predicted octanol–water partition coefficient (Wildman–Crippen LogP) is 1.60. The summed E-state index contributed by atoms with van der Waals surface area (Å²) in [6.45, 7) is 4.32. The van der Waals surface area contributed by atoms with E-state index in [1.165, 1.54) is 32.4 Å². The van der Waals surface area contributed by atoms with E-state index >= 15 is 0 Å². The van der Waals surface area contributed by atoms with Crippen molar-refractivity contribution in [2.45, 2.75) is 44.6 Å². The maximum atomic E-state index is 12.9. The van der Waals surface area contributed by atoms with Gasteiger partial charge in [0.1, 0.15) is 0 Å². The molecule has 4 heterocycles. The maximum absolute atomic E-state index is 12.9. The lowest BCUT2D eigenvalue weighted by Gasteiger charge is -2.36. The largest absolute Gasteiger partial charge is 0.333 e. The summed E-state index contributed by atoms with van der Waals surface area (Å²) in [5.74, 6) is 0.694. The highest BCUT2D eigenvalue weighted by Gasteiger charge is 2.30. The second kappa shape index (κ2) is 6.84. The van der Waals surface area contributed by atoms with Gasteiger partial charge in [-0.15, -0.1) is 5.10 Å². The van der Waals surface area contributed by atoms with Crippen LogP contribution in [0.15, 0.2) is 18.5 Å². The van der Waals surface area contributed by atoms with Crippen LogP contribution in [0.5, 0.6) is 0 Å². The second-order valence-electron chi connectivity index (χ2n) is 6.79. The molecule has 2 aromatic rings. The zero-order valence-corrected chi connectivity index (χ0v) is 14.0. The molecule has 0 radical (unpaired) electrons. The van der Waals surface area contributed by atoms with Crippen LogP contribution in [0.3, 0.4) is 0 Å². The van der Waals surface area contributed by atoms with Crippen LogP contribution >= 0.6 is 0 Å². The number of carbonyl (C=O) groups is 1. The third-order valence-corrected chi connectivity index (χ3v) is 5.17. The van der Waals surface area contributed by atoms with E-state index in [-0.39, 0.29) is 11.7 Å². The Morgan fingerprint density at radius 1 is 1.17 bits per heavy atom. The average molecular weight is 328 g/mol. The minimum absolute atomic E-state index is 0.0494. The fourth-order valence-electron chi connectivity index (χ4n) is 3.86. The van der Waals surface area contributed by atoms with E-state index in [0.29, 0.717) is 11.8 Å². The molecule has 2 aliphatic rings. The van der Waals surface area contributed by atoms with E-state index in [1.54, 1.807) is 23.0 Å². The molecule has 0 bridgehead atoms. The maximum Gasteiger partial charge on any atom is 0.293 e. The molecule has 0 aromatic carbocycles. The van der Waals surface area contributed by atoms with Crippen molar-refractivity contribution in [3.63, 3.8) is 0 Å². The number of fused-ring (bicyclic) bond motifs is 1. The lowest BCUT2D eigenvalue weighted by molar-refractivity contribution is 0.0575. The number of carbonyl (C=O) groups excluding carboxylic acids is 1. The standard InChI is InChI=1S/C17H24N6O/c24-16(15-19-17-18-8-5-12-23(17)20-15)22-11-2-1-6-14(22)7-13-21-9-3-4-10-21/h5,8,12,14H,1-4,6-7,9-11,13H2/t14-/m0/s1. The van der Waals surface area contributed by atoms with Gasteiger partial charge < -0.3 is 9.80 Å². The van der Waals surface area contributed by atoms with Gasteiger partial charge in [0.2, 0.25) is 5.82 Å². The molecule has 2 aromatic heterocycles. The summed E-state index contributed by atoms with van der Waals surface area (Å²) in [5.41, 5.74) is 0. The van der Waals surface area contributed by atoms with Gasteiger partial charge in [0.15, 0.2) is 0 Å². The Kier molecular flexibility index (Phi) is 4.42. The molecule has 0 N–H and O–H groups in total. The van der Waals surface area contributed by atoms with Crippen molar-refractivity contribution in [3.05, 3.63) is 24.3 Å². The molecular weight excluding hydrogens is 304 g/mol. The zero-order chi connectivity index (χ0) is 16.4. The van der Waals surface area contributed by atoms with Crippen molar-refractivity contribution in [1.29, 1.82) is 0 Å². The molecule has 2 aliphatic heterocycles. The number of likely N-dealkylation sites (tertiary alicyclic amines) is 2. The van der Waals surface area contributed by atoms with Gasteiger partial charge in [-0.25, -0.2) is 9.50 Å². The van der Waals surface area contributed by atoms with Crippen LogP contribution in [0.2, 0.25) is 0 Å². The van der Waals surface area contributed by atoms with Crippen molar-refractivity contribution >= 4 is 11.7 Å². The topological polar surface area (TPSA) is 66.6 Å². The Morgan fingerprint density at radius 2 is 2.00 bits per heavy atom. The molecule has 7 nitrogen and oxygen atoms in total. The Hall–Kier alpha value is -2.02. The number of nitrogens with zero attached hydrogens (tertiary/aromatic N) is 6. The Bertz CT molecular complexity index is 675. The van der Waals surface area contributed by atoms with Crippen LogP contribution in [-0.4, -0.2) is 67.5 Å². The van der Waals surface area contributed by atoms with Gasteiger partial charge in [0.25, 0.3) is 11.7 Å². The molecule has 0 spiro atoms. The van der Waals surface area contributed by atoms with E-state index in [4.69, 9.17) is 0 Å². The molecule has 1 atom stereocenters. The number of amides is 1. The van der Waals surface area contributed by atoms with Gasteiger partial charge in [-0.2, -0.15) is 4.98 Å². The first kappa shape index (κ1) is 15.5. The lowest BCUT2D eigenvalue weighted by atomic mass is 9.99. The Morgan fingerprint density at radius 3 is 2.83 bits per heavy atom. The highest BCUT2D eigenvalue weighted by Crippen LogP contribution is 2.22. The fourth-order valence-corrected chi connectivity index (χ4v) is 3.86. The average Bonchev–Trinajstić information content (AvgIpc) is 3.29. The van der Waals surface area contributed by atoms with Crippen LogP contribution in [0, 0.1) is 0 Å². The molecular formula is C17H24N6O. The predicted molar refractivity (Wildman–Crippen MR) is 89.7 cm³/mol. The molecule has 24 heavy (non-hydrogen) atoms. The third-order valence-electron chi connectivity index (χ3n) is 5.17. The first-order valence-corrected chi connectivity index (χ1v) is 9.02. The second-order valence-corrected chi connectivity index (χ2v) is 6.79. The summed E-state index contributed by atoms with van der Waals surface area (Å²) in [4.78, 5) is 25.9. The van der Waals surface area contributed by atoms with Gasteiger partial charge in [-0.3, -0.25) is 4.79 Å². The van der Waals surface area contributed by atoms with Crippen LogP contribution in [-0.2, 0) is 0 Å². The summed E-state index contributed by atoms with van der Waals surface area (Å²) >= 11 is 0. The normalized spacial score (nSPS) is 22.3. The van der Waals surface area contributed by atoms with Gasteiger partial charge in [-0.1, -0.05) is 0 Å². The fraction of sp³-hybridized carbons (Fsp3) is 0.647. The van der Waals surface area contributed by atoms with Crippen LogP contribution in [0.1, 0.15) is 49.1 Å². The van der Waals surface area contributed by atoms with Crippen molar-refractivity contribution in [1.82, 2.24) is 29.4 Å². The smallest absolute Gasteiger partial charge is 0.293 e. The van der Waals surface area contributed by atoms with Gasteiger partial charge >= 0.3 is 0 Å². The molecule has 2 fully saturated rings. The van der Waals surface area contributed by atoms with Gasteiger partial charge in [0.05, 0.1) is 0 Å². The highest BCUT2D eigenvalue weighted by atomic mass is 16.2. The summed E-state index contributed by atoms with van der Waals surface area (Å²) in [5, 5.41) is 4.30. The van der Waals surface area contributed by atoms with Gasteiger partial charge in [0, 0.05) is 31.5 Å². The van der Waals surface area contributed by atoms with Crippen LogP contribution in [0.4, 0.5) is 0 Å². The van der Waals surface area contributed by atoms with E-state index in [2.05, 4.69) is 20.0 Å². The number of hydrogen-bond donors (Lipinski definition) is 0. The number of piperidine rings is 1. The zero-order valence-electron chi connectivity index (χ0n) is 14.0. The minimum atomic E-state index is -0.0494. The third kappa shape index (κ3) is 3.13. The summed E-state index contributed by atoms with van der Waals surface area (Å²) < 4.78 is 1.57. The molecule has 0 aliphatic carbocycles. The van der Waals surface area contributed by atoms with Crippen LogP contribution in [0.25, 0.3) is 5.78 Å². The van der Waals surface area contributed by atoms with Gasteiger partial charge in [-0.05, 0) is 57.7 Å². The molecule has 2 saturated heterocycles. The molecule has 1 amide bonds. The SMILES string of the molecule is O=C(c1nc2ncccn2n1)N1CCCC[C@H]1CCN1CCCC1. The monoisotopic (exact) mass is 328 g/mol. The minimum Gasteiger partial charge on any atom is -0.333 e. The first-order chi connectivity index (χ1) is 11.8. The van der Waals surface area contributed by atoms with Crippen molar-refractivity contribution in [2.75, 3.05) is 26.2 Å². The van der Waals surface area contributed by atoms with E-state index in [9.17, 15) is 4.79 Å². The molecule has 4 rings (SSSR count). The van der Waals surface area contributed by atoms with E-state index in [0.717, 1.165) is 32.4 Å². The van der Waals surface area contributed by atoms with E-state index in [1.807, 2.05) is 4.90 Å². The summed E-state index contributed by atoms with van der Waals surface area (Å²) in [7, 11) is 0. The number of hydrogen-bond acceptors (Lipinski definition) is 5. The molecule has 7 heteroatoms. The van der Waals surface area contributed by atoms with Crippen molar-refractivity contribution in [3.8, 4) is 0 Å². The Labute approximate surface area is 141 Å². The van der Waals surface area contributed by atoms with Crippen molar-refractivity contribution < 1.29 is 4.79 Å². The van der Waals surface area contributed by atoms with E-state index < -0.39 is 0 Å². The highest BCUT2D eigenvalue weighted by molar-refractivity contribution is 5.91. The quantitative estimate of drug-likeness (QED) is 0.853. The Balaban J connectivity index is 1.47. The molecule has 0 unspecified atom stereocenters. The molecule has 128 valence electrons. The van der Waals surface area contributed by atoms with Crippen LogP contribution < -0.4 is 0 Å². The lowest BCUT2D eigenvalue weighted by Crippen LogP contribution is -2.45. The van der Waals surface area contributed by atoms with Crippen molar-refractivity contribution in [2.24, 2.45) is 0 Å².